The van der Waals surface area contributed by atoms with Gasteiger partial charge < -0.3 is 25.3 Å². The fraction of sp³-hybridized carbons (Fsp3) is 0.263. The van der Waals surface area contributed by atoms with Gasteiger partial charge in [-0.05, 0) is 50.2 Å². The molecule has 0 atom stereocenters. The van der Waals surface area contributed by atoms with E-state index in [1.165, 1.54) is 20.3 Å². The first-order chi connectivity index (χ1) is 12.3. The summed E-state index contributed by atoms with van der Waals surface area (Å²) in [6, 6.07) is 9.40. The summed E-state index contributed by atoms with van der Waals surface area (Å²) in [5.74, 6) is -0.0612. The van der Waals surface area contributed by atoms with Gasteiger partial charge in [-0.3, -0.25) is 4.79 Å². The molecule has 0 aliphatic rings. The second-order valence-corrected chi connectivity index (χ2v) is 5.78. The van der Waals surface area contributed by atoms with Crippen LogP contribution in [0.1, 0.15) is 34.6 Å². The van der Waals surface area contributed by atoms with Gasteiger partial charge in [0.2, 0.25) is 0 Å². The smallest absolute Gasteiger partial charge is 0.338 e. The highest BCUT2D eigenvalue weighted by Gasteiger charge is 2.15. The van der Waals surface area contributed by atoms with Crippen molar-refractivity contribution in [1.82, 2.24) is 0 Å². The van der Waals surface area contributed by atoms with Crippen LogP contribution in [0, 0.1) is 0 Å². The second kappa shape index (κ2) is 8.24. The average Bonchev–Trinajstić information content (AvgIpc) is 2.61. The molecule has 7 heteroatoms. The van der Waals surface area contributed by atoms with Crippen LogP contribution < -0.4 is 20.5 Å². The first-order valence-electron chi connectivity index (χ1n) is 7.99. The van der Waals surface area contributed by atoms with E-state index in [2.05, 4.69) is 5.32 Å². The minimum Gasteiger partial charge on any atom is -0.495 e. The molecule has 2 aromatic rings. The summed E-state index contributed by atoms with van der Waals surface area (Å²) in [5.41, 5.74) is 7.33. The number of nitrogens with one attached hydrogen (secondary N) is 1. The van der Waals surface area contributed by atoms with Crippen LogP contribution in [0.25, 0.3) is 0 Å². The first kappa shape index (κ1) is 19.1. The SMILES string of the molecule is COc1cc(C(=O)Nc2ccc(C(=O)OC(C)C)cc2OC)ccc1N. The third-order valence-electron chi connectivity index (χ3n) is 3.52. The summed E-state index contributed by atoms with van der Waals surface area (Å²) in [5, 5.41) is 2.74. The van der Waals surface area contributed by atoms with Crippen LogP contribution in [0.5, 0.6) is 11.5 Å². The Morgan fingerprint density at radius 1 is 0.962 bits per heavy atom. The average molecular weight is 358 g/mol. The summed E-state index contributed by atoms with van der Waals surface area (Å²) >= 11 is 0. The Kier molecular flexibility index (Phi) is 6.06. The fourth-order valence-electron chi connectivity index (χ4n) is 2.25. The van der Waals surface area contributed by atoms with E-state index in [-0.39, 0.29) is 12.0 Å². The fourth-order valence-corrected chi connectivity index (χ4v) is 2.25. The van der Waals surface area contributed by atoms with Crippen molar-refractivity contribution in [3.8, 4) is 11.5 Å². The van der Waals surface area contributed by atoms with Gasteiger partial charge in [0, 0.05) is 5.56 Å². The van der Waals surface area contributed by atoms with E-state index in [4.69, 9.17) is 19.9 Å². The normalized spacial score (nSPS) is 10.3. The van der Waals surface area contributed by atoms with Crippen LogP contribution in [0.3, 0.4) is 0 Å². The third kappa shape index (κ3) is 4.44. The molecule has 0 aliphatic carbocycles. The zero-order valence-electron chi connectivity index (χ0n) is 15.2. The van der Waals surface area contributed by atoms with E-state index in [1.807, 2.05) is 0 Å². The number of anilines is 2. The van der Waals surface area contributed by atoms with Gasteiger partial charge in [-0.1, -0.05) is 0 Å². The van der Waals surface area contributed by atoms with E-state index >= 15 is 0 Å². The van der Waals surface area contributed by atoms with Gasteiger partial charge in [0.25, 0.3) is 5.91 Å². The summed E-state index contributed by atoms with van der Waals surface area (Å²) in [7, 11) is 2.93. The Balaban J connectivity index is 2.23. The highest BCUT2D eigenvalue weighted by atomic mass is 16.5. The van der Waals surface area contributed by atoms with Crippen molar-refractivity contribution >= 4 is 23.3 Å². The molecule has 0 bridgehead atoms. The van der Waals surface area contributed by atoms with Crippen molar-refractivity contribution in [2.45, 2.75) is 20.0 Å². The predicted octanol–water partition coefficient (Wildman–Crippen LogP) is 3.10. The van der Waals surface area contributed by atoms with Gasteiger partial charge in [-0.2, -0.15) is 0 Å². The van der Waals surface area contributed by atoms with Gasteiger partial charge in [-0.15, -0.1) is 0 Å². The van der Waals surface area contributed by atoms with Crippen LogP contribution >= 0.6 is 0 Å². The molecule has 0 spiro atoms. The molecular formula is C19H22N2O5. The Morgan fingerprint density at radius 3 is 2.19 bits per heavy atom. The summed E-state index contributed by atoms with van der Waals surface area (Å²) in [6.07, 6.45) is -0.228. The monoisotopic (exact) mass is 358 g/mol. The van der Waals surface area contributed by atoms with Gasteiger partial charge >= 0.3 is 5.97 Å². The quantitative estimate of drug-likeness (QED) is 0.608. The number of hydrogen-bond acceptors (Lipinski definition) is 6. The highest BCUT2D eigenvalue weighted by molar-refractivity contribution is 6.06. The van der Waals surface area contributed by atoms with Crippen molar-refractivity contribution in [1.29, 1.82) is 0 Å². The number of benzene rings is 2. The second-order valence-electron chi connectivity index (χ2n) is 5.78. The molecular weight excluding hydrogens is 336 g/mol. The molecule has 3 N–H and O–H groups in total. The van der Waals surface area contributed by atoms with Crippen molar-refractivity contribution in [2.24, 2.45) is 0 Å². The number of carbonyl (C=O) groups is 2. The molecule has 2 aromatic carbocycles. The lowest BCUT2D eigenvalue weighted by atomic mass is 10.1. The standard InChI is InChI=1S/C19H22N2O5/c1-11(2)26-19(23)13-6-8-15(17(10-13)25-4)21-18(22)12-5-7-14(20)16(9-12)24-3/h5-11H,20H2,1-4H3,(H,21,22). The summed E-state index contributed by atoms with van der Waals surface area (Å²) < 4.78 is 15.6. The number of hydrogen-bond donors (Lipinski definition) is 2. The Hall–Kier alpha value is -3.22. The van der Waals surface area contributed by atoms with E-state index in [1.54, 1.807) is 44.2 Å². The molecule has 0 aliphatic heterocycles. The lowest BCUT2D eigenvalue weighted by molar-refractivity contribution is 0.0377. The minimum absolute atomic E-state index is 0.228. The third-order valence-corrected chi connectivity index (χ3v) is 3.52. The molecule has 0 radical (unpaired) electrons. The number of carbonyl (C=O) groups excluding carboxylic acids is 2. The maximum Gasteiger partial charge on any atom is 0.338 e. The molecule has 0 saturated heterocycles. The molecule has 0 saturated carbocycles. The summed E-state index contributed by atoms with van der Waals surface area (Å²) in [6.45, 7) is 3.54. The van der Waals surface area contributed by atoms with Gasteiger partial charge in [-0.25, -0.2) is 4.79 Å². The number of nitrogen functional groups attached to an aromatic ring is 1. The van der Waals surface area contributed by atoms with Crippen molar-refractivity contribution in [3.05, 3.63) is 47.5 Å². The largest absolute Gasteiger partial charge is 0.495 e. The highest BCUT2D eigenvalue weighted by Crippen LogP contribution is 2.28. The number of methoxy groups -OCH3 is 2. The molecule has 0 unspecified atom stereocenters. The molecule has 138 valence electrons. The zero-order chi connectivity index (χ0) is 19.3. The molecule has 26 heavy (non-hydrogen) atoms. The number of esters is 1. The molecule has 0 fully saturated rings. The maximum atomic E-state index is 12.5. The van der Waals surface area contributed by atoms with Gasteiger partial charge in [0.15, 0.2) is 0 Å². The molecule has 0 heterocycles. The van der Waals surface area contributed by atoms with Crippen molar-refractivity contribution < 1.29 is 23.8 Å². The van der Waals surface area contributed by atoms with E-state index in [0.29, 0.717) is 34.0 Å². The summed E-state index contributed by atoms with van der Waals surface area (Å²) in [4.78, 5) is 24.5. The topological polar surface area (TPSA) is 99.9 Å². The van der Waals surface area contributed by atoms with E-state index < -0.39 is 5.97 Å². The van der Waals surface area contributed by atoms with Gasteiger partial charge in [0.05, 0.1) is 37.3 Å². The molecule has 1 amide bonds. The lowest BCUT2D eigenvalue weighted by Crippen LogP contribution is -2.14. The van der Waals surface area contributed by atoms with Crippen LogP contribution in [-0.2, 0) is 4.74 Å². The number of ether oxygens (including phenoxy) is 3. The van der Waals surface area contributed by atoms with Crippen LogP contribution in [0.2, 0.25) is 0 Å². The number of nitrogens with two attached hydrogens (primary N) is 1. The molecule has 0 aromatic heterocycles. The first-order valence-corrected chi connectivity index (χ1v) is 7.99. The minimum atomic E-state index is -0.459. The van der Waals surface area contributed by atoms with Crippen LogP contribution in [0.4, 0.5) is 11.4 Å². The van der Waals surface area contributed by atoms with E-state index in [9.17, 15) is 9.59 Å². The Labute approximate surface area is 152 Å². The lowest BCUT2D eigenvalue weighted by Gasteiger charge is -2.13. The van der Waals surface area contributed by atoms with Crippen LogP contribution in [-0.4, -0.2) is 32.2 Å². The predicted molar refractivity (Wildman–Crippen MR) is 98.9 cm³/mol. The van der Waals surface area contributed by atoms with Crippen LogP contribution in [0.15, 0.2) is 36.4 Å². The maximum absolute atomic E-state index is 12.5. The number of amides is 1. The Morgan fingerprint density at radius 2 is 1.58 bits per heavy atom. The number of rotatable bonds is 6. The van der Waals surface area contributed by atoms with Crippen molar-refractivity contribution in [3.63, 3.8) is 0 Å². The van der Waals surface area contributed by atoms with Gasteiger partial charge in [0.1, 0.15) is 11.5 Å². The molecule has 2 rings (SSSR count). The Bertz CT molecular complexity index is 818. The zero-order valence-corrected chi connectivity index (χ0v) is 15.2. The van der Waals surface area contributed by atoms with Crippen molar-refractivity contribution in [2.75, 3.05) is 25.3 Å². The molecule has 7 nitrogen and oxygen atoms in total. The van der Waals surface area contributed by atoms with E-state index in [0.717, 1.165) is 0 Å².